The molecular weight excluding hydrogens is 267 g/mol. The summed E-state index contributed by atoms with van der Waals surface area (Å²) in [7, 11) is 0. The third-order valence-corrected chi connectivity index (χ3v) is 3.32. The predicted molar refractivity (Wildman–Crippen MR) is 71.4 cm³/mol. The van der Waals surface area contributed by atoms with Crippen LogP contribution >= 0.6 is 0 Å². The third-order valence-electron chi connectivity index (χ3n) is 3.32. The van der Waals surface area contributed by atoms with Crippen LogP contribution in [0, 0.1) is 5.92 Å². The average Bonchev–Trinajstić information content (AvgIpc) is 3.21. The van der Waals surface area contributed by atoms with Crippen molar-refractivity contribution in [3.05, 3.63) is 35.9 Å². The number of alkyl halides is 3. The summed E-state index contributed by atoms with van der Waals surface area (Å²) in [5.41, 5.74) is 0.249. The molecule has 0 spiro atoms. The molecular formula is C15H20F3NO. The molecule has 0 aromatic heterocycles. The van der Waals surface area contributed by atoms with Gasteiger partial charge in [0.2, 0.25) is 0 Å². The minimum Gasteiger partial charge on any atom is -0.381 e. The van der Waals surface area contributed by atoms with Gasteiger partial charge < -0.3 is 10.1 Å². The lowest BCUT2D eigenvalue weighted by Gasteiger charge is -2.22. The molecule has 1 aliphatic carbocycles. The minimum absolute atomic E-state index is 0.249. The van der Waals surface area contributed by atoms with Gasteiger partial charge in [-0.25, -0.2) is 0 Å². The molecule has 0 bridgehead atoms. The van der Waals surface area contributed by atoms with E-state index in [-0.39, 0.29) is 5.56 Å². The fourth-order valence-corrected chi connectivity index (χ4v) is 2.02. The average molecular weight is 287 g/mol. The summed E-state index contributed by atoms with van der Waals surface area (Å²) in [6, 6.07) is 6.34. The predicted octanol–water partition coefficient (Wildman–Crippen LogP) is 3.70. The normalized spacial score (nSPS) is 17.1. The lowest BCUT2D eigenvalue weighted by Crippen LogP contribution is -2.35. The molecule has 1 unspecified atom stereocenters. The van der Waals surface area contributed by atoms with Gasteiger partial charge in [0.15, 0.2) is 0 Å². The SMILES string of the molecule is FC(F)(F)C(NCCCOCC1CC1)c1ccccc1. The standard InChI is InChI=1S/C15H20F3NO/c16-15(17,18)14(13-5-2-1-3-6-13)19-9-4-10-20-11-12-7-8-12/h1-3,5-6,12,14,19H,4,7-11H2. The first-order chi connectivity index (χ1) is 9.57. The van der Waals surface area contributed by atoms with E-state index in [0.29, 0.717) is 25.5 Å². The Kier molecular flexibility index (Phi) is 5.43. The van der Waals surface area contributed by atoms with Crippen molar-refractivity contribution >= 4 is 0 Å². The van der Waals surface area contributed by atoms with Gasteiger partial charge in [0.05, 0.1) is 0 Å². The molecule has 5 heteroatoms. The number of nitrogens with one attached hydrogen (secondary N) is 1. The molecule has 1 N–H and O–H groups in total. The van der Waals surface area contributed by atoms with Crippen LogP contribution in [0.5, 0.6) is 0 Å². The second-order valence-electron chi connectivity index (χ2n) is 5.21. The molecule has 1 aromatic carbocycles. The van der Waals surface area contributed by atoms with Gasteiger partial charge in [-0.3, -0.25) is 0 Å². The number of hydrogen-bond donors (Lipinski definition) is 1. The van der Waals surface area contributed by atoms with Crippen LogP contribution in [0.4, 0.5) is 13.2 Å². The maximum Gasteiger partial charge on any atom is 0.407 e. The maximum absolute atomic E-state index is 13.0. The van der Waals surface area contributed by atoms with Crippen molar-refractivity contribution in [1.82, 2.24) is 5.32 Å². The lowest BCUT2D eigenvalue weighted by molar-refractivity contribution is -0.157. The highest BCUT2D eigenvalue weighted by Gasteiger charge is 2.40. The van der Waals surface area contributed by atoms with Crippen molar-refractivity contribution in [3.63, 3.8) is 0 Å². The van der Waals surface area contributed by atoms with Gasteiger partial charge in [0.1, 0.15) is 6.04 Å². The van der Waals surface area contributed by atoms with Crippen LogP contribution in [-0.4, -0.2) is 25.9 Å². The van der Waals surface area contributed by atoms with E-state index in [0.717, 1.165) is 6.61 Å². The van der Waals surface area contributed by atoms with E-state index < -0.39 is 12.2 Å². The maximum atomic E-state index is 13.0. The quantitative estimate of drug-likeness (QED) is 0.736. The summed E-state index contributed by atoms with van der Waals surface area (Å²) in [5.74, 6) is 0.690. The Labute approximate surface area is 117 Å². The Bertz CT molecular complexity index is 390. The van der Waals surface area contributed by atoms with Crippen LogP contribution in [0.25, 0.3) is 0 Å². The molecule has 2 rings (SSSR count). The van der Waals surface area contributed by atoms with Crippen LogP contribution in [0.2, 0.25) is 0 Å². The van der Waals surface area contributed by atoms with Crippen molar-refractivity contribution in [2.45, 2.75) is 31.5 Å². The fourth-order valence-electron chi connectivity index (χ4n) is 2.02. The van der Waals surface area contributed by atoms with E-state index in [1.807, 2.05) is 0 Å². The topological polar surface area (TPSA) is 21.3 Å². The van der Waals surface area contributed by atoms with Gasteiger partial charge in [0.25, 0.3) is 0 Å². The van der Waals surface area contributed by atoms with Crippen molar-refractivity contribution in [2.24, 2.45) is 5.92 Å². The molecule has 0 saturated heterocycles. The zero-order valence-electron chi connectivity index (χ0n) is 11.3. The van der Waals surface area contributed by atoms with Gasteiger partial charge in [-0.05, 0) is 37.3 Å². The molecule has 1 atom stereocenters. The van der Waals surface area contributed by atoms with E-state index in [9.17, 15) is 13.2 Å². The summed E-state index contributed by atoms with van der Waals surface area (Å²) < 4.78 is 44.4. The zero-order valence-corrected chi connectivity index (χ0v) is 11.3. The summed E-state index contributed by atoms with van der Waals surface area (Å²) in [5, 5.41) is 2.57. The number of rotatable bonds is 8. The first kappa shape index (κ1) is 15.3. The van der Waals surface area contributed by atoms with Gasteiger partial charge in [-0.15, -0.1) is 0 Å². The molecule has 0 amide bonds. The Morgan fingerprint density at radius 2 is 1.90 bits per heavy atom. The van der Waals surface area contributed by atoms with Gasteiger partial charge in [-0.1, -0.05) is 30.3 Å². The Morgan fingerprint density at radius 1 is 1.20 bits per heavy atom. The van der Waals surface area contributed by atoms with Crippen LogP contribution in [0.15, 0.2) is 30.3 Å². The van der Waals surface area contributed by atoms with Gasteiger partial charge in [0, 0.05) is 13.2 Å². The molecule has 1 fully saturated rings. The smallest absolute Gasteiger partial charge is 0.381 e. The van der Waals surface area contributed by atoms with Crippen molar-refractivity contribution < 1.29 is 17.9 Å². The van der Waals surface area contributed by atoms with Crippen LogP contribution in [0.3, 0.4) is 0 Å². The second-order valence-corrected chi connectivity index (χ2v) is 5.21. The Hall–Kier alpha value is -1.07. The molecule has 2 nitrogen and oxygen atoms in total. The number of hydrogen-bond acceptors (Lipinski definition) is 2. The lowest BCUT2D eigenvalue weighted by atomic mass is 10.1. The molecule has 0 radical (unpaired) electrons. The van der Waals surface area contributed by atoms with E-state index >= 15 is 0 Å². The third kappa shape index (κ3) is 5.13. The molecule has 20 heavy (non-hydrogen) atoms. The molecule has 1 aromatic rings. The highest BCUT2D eigenvalue weighted by Crippen LogP contribution is 2.32. The van der Waals surface area contributed by atoms with Crippen LogP contribution < -0.4 is 5.32 Å². The van der Waals surface area contributed by atoms with Crippen LogP contribution in [0.1, 0.15) is 30.9 Å². The minimum atomic E-state index is -4.28. The molecule has 0 aliphatic heterocycles. The second kappa shape index (κ2) is 7.09. The van der Waals surface area contributed by atoms with E-state index in [1.165, 1.54) is 25.0 Å². The van der Waals surface area contributed by atoms with Gasteiger partial charge in [-0.2, -0.15) is 13.2 Å². The highest BCUT2D eigenvalue weighted by atomic mass is 19.4. The molecule has 0 heterocycles. The number of halogens is 3. The molecule has 1 aliphatic rings. The van der Waals surface area contributed by atoms with E-state index in [4.69, 9.17) is 4.74 Å². The molecule has 112 valence electrons. The summed E-state index contributed by atoms with van der Waals surface area (Å²) in [4.78, 5) is 0. The number of benzene rings is 1. The zero-order chi connectivity index (χ0) is 14.4. The first-order valence-electron chi connectivity index (χ1n) is 7.00. The monoisotopic (exact) mass is 287 g/mol. The fraction of sp³-hybridized carbons (Fsp3) is 0.600. The van der Waals surface area contributed by atoms with Gasteiger partial charge >= 0.3 is 6.18 Å². The van der Waals surface area contributed by atoms with Crippen molar-refractivity contribution in [3.8, 4) is 0 Å². The summed E-state index contributed by atoms with van der Waals surface area (Å²) in [6.07, 6.45) is -1.24. The summed E-state index contributed by atoms with van der Waals surface area (Å²) >= 11 is 0. The number of ether oxygens (including phenoxy) is 1. The van der Waals surface area contributed by atoms with E-state index in [2.05, 4.69) is 5.32 Å². The first-order valence-corrected chi connectivity index (χ1v) is 7.00. The largest absolute Gasteiger partial charge is 0.407 e. The Morgan fingerprint density at radius 3 is 2.50 bits per heavy atom. The van der Waals surface area contributed by atoms with Crippen LogP contribution in [-0.2, 0) is 4.74 Å². The van der Waals surface area contributed by atoms with E-state index in [1.54, 1.807) is 18.2 Å². The molecule has 1 saturated carbocycles. The van der Waals surface area contributed by atoms with Crippen molar-refractivity contribution in [1.29, 1.82) is 0 Å². The Balaban J connectivity index is 1.73. The summed E-state index contributed by atoms with van der Waals surface area (Å²) in [6.45, 7) is 1.56. The highest BCUT2D eigenvalue weighted by molar-refractivity contribution is 5.20. The van der Waals surface area contributed by atoms with Crippen molar-refractivity contribution in [2.75, 3.05) is 19.8 Å².